The number of nitrogens with zero attached hydrogens (tertiary/aromatic N) is 3. The number of carboxylic acid groups (broad SMARTS) is 1. The minimum Gasteiger partial charge on any atom is -0.479 e. The second-order valence-electron chi connectivity index (χ2n) is 5.04. The Bertz CT molecular complexity index is 693. The number of rotatable bonds is 2. The van der Waals surface area contributed by atoms with Crippen LogP contribution >= 0.6 is 0 Å². The van der Waals surface area contributed by atoms with Gasteiger partial charge in [0, 0.05) is 25.6 Å². The first-order valence-corrected chi connectivity index (χ1v) is 6.68. The zero-order valence-corrected chi connectivity index (χ0v) is 11.6. The van der Waals surface area contributed by atoms with Crippen molar-refractivity contribution in [2.75, 3.05) is 6.54 Å². The van der Waals surface area contributed by atoms with Crippen molar-refractivity contribution in [2.45, 2.75) is 12.5 Å². The van der Waals surface area contributed by atoms with Crippen molar-refractivity contribution in [3.63, 3.8) is 0 Å². The first-order chi connectivity index (χ1) is 10.1. The molecule has 21 heavy (non-hydrogen) atoms. The van der Waals surface area contributed by atoms with Crippen LogP contribution in [-0.2, 0) is 18.3 Å². The van der Waals surface area contributed by atoms with Crippen molar-refractivity contribution >= 4 is 11.9 Å². The molecule has 1 aliphatic rings. The van der Waals surface area contributed by atoms with Crippen LogP contribution in [0.25, 0.3) is 0 Å². The number of fused-ring (bicyclic) bond motifs is 1. The van der Waals surface area contributed by atoms with Gasteiger partial charge in [0.2, 0.25) is 0 Å². The molecular formula is C15H15N3O3. The van der Waals surface area contributed by atoms with Gasteiger partial charge in [0.15, 0.2) is 6.04 Å². The molecule has 0 aliphatic carbocycles. The Morgan fingerprint density at radius 1 is 1.29 bits per heavy atom. The van der Waals surface area contributed by atoms with Crippen molar-refractivity contribution in [1.82, 2.24) is 14.5 Å². The van der Waals surface area contributed by atoms with Gasteiger partial charge in [-0.05, 0) is 12.1 Å². The van der Waals surface area contributed by atoms with Crippen LogP contribution < -0.4 is 0 Å². The molecule has 2 aromatic rings. The number of amides is 1. The van der Waals surface area contributed by atoms with E-state index in [4.69, 9.17) is 0 Å². The molecular weight excluding hydrogens is 270 g/mol. The molecule has 0 spiro atoms. The van der Waals surface area contributed by atoms with Crippen LogP contribution in [0.1, 0.15) is 27.8 Å². The van der Waals surface area contributed by atoms with Crippen molar-refractivity contribution in [1.29, 1.82) is 0 Å². The van der Waals surface area contributed by atoms with Crippen LogP contribution in [0, 0.1) is 0 Å². The minimum atomic E-state index is -1.04. The monoisotopic (exact) mass is 285 g/mol. The number of benzene rings is 1. The maximum absolute atomic E-state index is 12.6. The van der Waals surface area contributed by atoms with E-state index in [1.54, 1.807) is 42.2 Å². The van der Waals surface area contributed by atoms with Crippen molar-refractivity contribution in [3.8, 4) is 0 Å². The smallest absolute Gasteiger partial charge is 0.332 e. The molecule has 1 aromatic heterocycles. The molecule has 2 heterocycles. The van der Waals surface area contributed by atoms with E-state index in [9.17, 15) is 14.7 Å². The molecule has 6 nitrogen and oxygen atoms in total. The van der Waals surface area contributed by atoms with Crippen LogP contribution in [0.5, 0.6) is 0 Å². The number of aromatic nitrogens is 2. The SMILES string of the molecule is Cn1cnc2c1[C@@H](C(=O)O)N(C(=O)c1ccccc1)CC2. The molecule has 1 aliphatic heterocycles. The van der Waals surface area contributed by atoms with Gasteiger partial charge < -0.3 is 14.6 Å². The lowest BCUT2D eigenvalue weighted by Gasteiger charge is -2.33. The number of carbonyl (C=O) groups is 2. The number of hydrogen-bond donors (Lipinski definition) is 1. The van der Waals surface area contributed by atoms with Crippen LogP contribution in [0.2, 0.25) is 0 Å². The molecule has 0 bridgehead atoms. The predicted octanol–water partition coefficient (Wildman–Crippen LogP) is 1.24. The number of hydrogen-bond acceptors (Lipinski definition) is 3. The van der Waals surface area contributed by atoms with E-state index >= 15 is 0 Å². The van der Waals surface area contributed by atoms with Gasteiger partial charge in [-0.3, -0.25) is 4.79 Å². The Morgan fingerprint density at radius 2 is 2.00 bits per heavy atom. The standard InChI is InChI=1S/C15H15N3O3/c1-17-9-16-11-7-8-18(13(12(11)17)15(20)21)14(19)10-5-3-2-4-6-10/h2-6,9,13H,7-8H2,1H3,(H,20,21)/t13-/m0/s1. The van der Waals surface area contributed by atoms with Gasteiger partial charge in [-0.25, -0.2) is 9.78 Å². The lowest BCUT2D eigenvalue weighted by atomic mass is 10.0. The topological polar surface area (TPSA) is 75.4 Å². The molecule has 1 atom stereocenters. The third-order valence-corrected chi connectivity index (χ3v) is 3.74. The Hall–Kier alpha value is -2.63. The number of imidazole rings is 1. The average molecular weight is 285 g/mol. The maximum Gasteiger partial charge on any atom is 0.332 e. The average Bonchev–Trinajstić information content (AvgIpc) is 2.88. The normalized spacial score (nSPS) is 17.4. The van der Waals surface area contributed by atoms with Crippen molar-refractivity contribution < 1.29 is 14.7 Å². The number of aryl methyl sites for hydroxylation is 1. The molecule has 1 N–H and O–H groups in total. The zero-order valence-electron chi connectivity index (χ0n) is 11.6. The minimum absolute atomic E-state index is 0.269. The summed E-state index contributed by atoms with van der Waals surface area (Å²) in [5.41, 5.74) is 1.83. The molecule has 0 unspecified atom stereocenters. The largest absolute Gasteiger partial charge is 0.479 e. The predicted molar refractivity (Wildman–Crippen MR) is 74.8 cm³/mol. The Labute approximate surface area is 121 Å². The summed E-state index contributed by atoms with van der Waals surface area (Å²) in [6.07, 6.45) is 2.16. The highest BCUT2D eigenvalue weighted by atomic mass is 16.4. The van der Waals surface area contributed by atoms with Gasteiger partial charge in [0.25, 0.3) is 5.91 Å². The fourth-order valence-electron chi connectivity index (χ4n) is 2.75. The summed E-state index contributed by atoms with van der Waals surface area (Å²) < 4.78 is 1.68. The number of carboxylic acids is 1. The van der Waals surface area contributed by atoms with Crippen molar-refractivity contribution in [3.05, 3.63) is 53.6 Å². The second kappa shape index (κ2) is 5.05. The Morgan fingerprint density at radius 3 is 2.67 bits per heavy atom. The second-order valence-corrected chi connectivity index (χ2v) is 5.04. The van der Waals surface area contributed by atoms with Crippen LogP contribution in [-0.4, -0.2) is 38.0 Å². The summed E-state index contributed by atoms with van der Waals surface area (Å²) in [6, 6.07) is 7.75. The fraction of sp³-hybridized carbons (Fsp3) is 0.267. The van der Waals surface area contributed by atoms with E-state index in [1.165, 1.54) is 4.90 Å². The van der Waals surface area contributed by atoms with E-state index in [-0.39, 0.29) is 5.91 Å². The van der Waals surface area contributed by atoms with E-state index < -0.39 is 12.0 Å². The van der Waals surface area contributed by atoms with Gasteiger partial charge >= 0.3 is 5.97 Å². The number of aliphatic carboxylic acids is 1. The highest BCUT2D eigenvalue weighted by molar-refractivity contribution is 5.97. The fourth-order valence-corrected chi connectivity index (χ4v) is 2.75. The lowest BCUT2D eigenvalue weighted by molar-refractivity contribution is -0.143. The Kier molecular flexibility index (Phi) is 3.21. The first-order valence-electron chi connectivity index (χ1n) is 6.68. The summed E-state index contributed by atoms with van der Waals surface area (Å²) in [6.45, 7) is 0.356. The van der Waals surface area contributed by atoms with E-state index in [1.807, 2.05) is 6.07 Å². The molecule has 1 aromatic carbocycles. The van der Waals surface area contributed by atoms with Gasteiger partial charge in [-0.15, -0.1) is 0 Å². The van der Waals surface area contributed by atoms with Gasteiger partial charge in [-0.2, -0.15) is 0 Å². The van der Waals surface area contributed by atoms with Crippen LogP contribution in [0.3, 0.4) is 0 Å². The summed E-state index contributed by atoms with van der Waals surface area (Å²) in [7, 11) is 1.75. The summed E-state index contributed by atoms with van der Waals surface area (Å²) in [5, 5.41) is 9.56. The highest BCUT2D eigenvalue weighted by Crippen LogP contribution is 2.30. The summed E-state index contributed by atoms with van der Waals surface area (Å²) in [5.74, 6) is -1.31. The summed E-state index contributed by atoms with van der Waals surface area (Å²) >= 11 is 0. The van der Waals surface area contributed by atoms with Gasteiger partial charge in [0.05, 0.1) is 17.7 Å². The molecule has 6 heteroatoms. The Balaban J connectivity index is 2.02. The lowest BCUT2D eigenvalue weighted by Crippen LogP contribution is -2.44. The molecule has 0 radical (unpaired) electrons. The first kappa shape index (κ1) is 13.4. The molecule has 0 saturated heterocycles. The third kappa shape index (κ3) is 2.18. The molecule has 108 valence electrons. The third-order valence-electron chi connectivity index (χ3n) is 3.74. The zero-order chi connectivity index (χ0) is 15.0. The van der Waals surface area contributed by atoms with Crippen LogP contribution in [0.4, 0.5) is 0 Å². The van der Waals surface area contributed by atoms with E-state index in [2.05, 4.69) is 4.98 Å². The van der Waals surface area contributed by atoms with E-state index in [0.717, 1.165) is 5.69 Å². The quantitative estimate of drug-likeness (QED) is 0.901. The molecule has 3 rings (SSSR count). The van der Waals surface area contributed by atoms with Crippen LogP contribution in [0.15, 0.2) is 36.7 Å². The highest BCUT2D eigenvalue weighted by Gasteiger charge is 2.38. The molecule has 0 fully saturated rings. The maximum atomic E-state index is 12.6. The summed E-state index contributed by atoms with van der Waals surface area (Å²) in [4.78, 5) is 29.9. The molecule has 1 amide bonds. The molecule has 0 saturated carbocycles. The van der Waals surface area contributed by atoms with Gasteiger partial charge in [-0.1, -0.05) is 18.2 Å². The van der Waals surface area contributed by atoms with E-state index in [0.29, 0.717) is 24.2 Å². The number of carbonyl (C=O) groups excluding carboxylic acids is 1. The van der Waals surface area contributed by atoms with Crippen molar-refractivity contribution in [2.24, 2.45) is 7.05 Å². The van der Waals surface area contributed by atoms with Gasteiger partial charge in [0.1, 0.15) is 0 Å².